The summed E-state index contributed by atoms with van der Waals surface area (Å²) in [5.74, 6) is 1.02. The van der Waals surface area contributed by atoms with Crippen molar-refractivity contribution >= 4 is 21.8 Å². The minimum Gasteiger partial charge on any atom is -0.497 e. The average molecular weight is 312 g/mol. The zero-order valence-electron chi connectivity index (χ0n) is 10.6. The number of alkyl halides is 1. The zero-order valence-corrected chi connectivity index (χ0v) is 12.1. The second kappa shape index (κ2) is 6.23. The fraction of sp³-hybridized carbons (Fsp3) is 0.500. The fourth-order valence-electron chi connectivity index (χ4n) is 2.05. The van der Waals surface area contributed by atoms with Gasteiger partial charge in [0.05, 0.1) is 13.5 Å². The standard InChI is InChI=1S/C14H18BrNO2/c1-18-13-4-2-3-11(9-13)10-14(17)16(8-7-15)12-5-6-12/h2-4,9,12H,5-8,10H2,1H3. The molecule has 1 saturated carbocycles. The lowest BCUT2D eigenvalue weighted by Crippen LogP contribution is -2.35. The topological polar surface area (TPSA) is 29.5 Å². The van der Waals surface area contributed by atoms with Crippen LogP contribution < -0.4 is 4.74 Å². The number of benzene rings is 1. The third kappa shape index (κ3) is 3.48. The summed E-state index contributed by atoms with van der Waals surface area (Å²) >= 11 is 3.41. The highest BCUT2D eigenvalue weighted by atomic mass is 79.9. The van der Waals surface area contributed by atoms with Crippen LogP contribution in [0.3, 0.4) is 0 Å². The molecule has 0 radical (unpaired) electrons. The molecule has 0 saturated heterocycles. The number of amides is 1. The monoisotopic (exact) mass is 311 g/mol. The number of hydrogen-bond donors (Lipinski definition) is 0. The Hall–Kier alpha value is -1.03. The summed E-state index contributed by atoms with van der Waals surface area (Å²) in [5, 5.41) is 0.841. The first-order chi connectivity index (χ1) is 8.74. The number of nitrogens with zero attached hydrogens (tertiary/aromatic N) is 1. The molecular formula is C14H18BrNO2. The Morgan fingerprint density at radius 1 is 1.50 bits per heavy atom. The minimum absolute atomic E-state index is 0.213. The quantitative estimate of drug-likeness (QED) is 0.756. The van der Waals surface area contributed by atoms with E-state index in [-0.39, 0.29) is 5.91 Å². The highest BCUT2D eigenvalue weighted by Gasteiger charge is 2.31. The minimum atomic E-state index is 0.213. The van der Waals surface area contributed by atoms with Crippen LogP contribution in [0.4, 0.5) is 0 Å². The van der Waals surface area contributed by atoms with E-state index in [9.17, 15) is 4.79 Å². The molecule has 0 spiro atoms. The molecule has 0 aliphatic heterocycles. The summed E-state index contributed by atoms with van der Waals surface area (Å²) in [4.78, 5) is 14.2. The lowest BCUT2D eigenvalue weighted by Gasteiger charge is -2.21. The van der Waals surface area contributed by atoms with Crippen LogP contribution in [0.5, 0.6) is 5.75 Å². The number of methoxy groups -OCH3 is 1. The molecule has 18 heavy (non-hydrogen) atoms. The summed E-state index contributed by atoms with van der Waals surface area (Å²) in [5.41, 5.74) is 1.01. The van der Waals surface area contributed by atoms with Crippen molar-refractivity contribution in [2.75, 3.05) is 19.0 Å². The maximum atomic E-state index is 12.2. The lowest BCUT2D eigenvalue weighted by atomic mass is 10.1. The van der Waals surface area contributed by atoms with Crippen molar-refractivity contribution in [3.63, 3.8) is 0 Å². The first-order valence-corrected chi connectivity index (χ1v) is 7.35. The highest BCUT2D eigenvalue weighted by Crippen LogP contribution is 2.27. The van der Waals surface area contributed by atoms with Gasteiger partial charge in [-0.05, 0) is 30.5 Å². The Balaban J connectivity index is 2.00. The van der Waals surface area contributed by atoms with Crippen LogP contribution in [0.25, 0.3) is 0 Å². The summed E-state index contributed by atoms with van der Waals surface area (Å²) < 4.78 is 5.17. The van der Waals surface area contributed by atoms with Crippen molar-refractivity contribution < 1.29 is 9.53 Å². The van der Waals surface area contributed by atoms with Gasteiger partial charge in [-0.3, -0.25) is 4.79 Å². The molecule has 0 unspecified atom stereocenters. The van der Waals surface area contributed by atoms with Crippen molar-refractivity contribution in [3.05, 3.63) is 29.8 Å². The molecule has 0 atom stereocenters. The molecule has 0 aromatic heterocycles. The average Bonchev–Trinajstić information content (AvgIpc) is 3.20. The van der Waals surface area contributed by atoms with Crippen LogP contribution in [0.1, 0.15) is 18.4 Å². The predicted octanol–water partition coefficient (Wildman–Crippen LogP) is 2.62. The van der Waals surface area contributed by atoms with E-state index in [2.05, 4.69) is 15.9 Å². The summed E-state index contributed by atoms with van der Waals surface area (Å²) in [6, 6.07) is 8.19. The molecule has 1 aliphatic carbocycles. The van der Waals surface area contributed by atoms with E-state index in [1.807, 2.05) is 29.2 Å². The van der Waals surface area contributed by atoms with E-state index in [4.69, 9.17) is 4.74 Å². The smallest absolute Gasteiger partial charge is 0.227 e. The van der Waals surface area contributed by atoms with Gasteiger partial charge in [0.25, 0.3) is 0 Å². The Bertz CT molecular complexity index is 418. The number of rotatable bonds is 6. The van der Waals surface area contributed by atoms with Crippen LogP contribution in [0, 0.1) is 0 Å². The highest BCUT2D eigenvalue weighted by molar-refractivity contribution is 9.09. The molecule has 1 fully saturated rings. The SMILES string of the molecule is COc1cccc(CC(=O)N(CCBr)C2CC2)c1. The van der Waals surface area contributed by atoms with Gasteiger partial charge < -0.3 is 9.64 Å². The van der Waals surface area contributed by atoms with Crippen LogP contribution in [-0.4, -0.2) is 35.8 Å². The molecule has 2 rings (SSSR count). The number of ether oxygens (including phenoxy) is 1. The molecule has 0 bridgehead atoms. The molecule has 0 heterocycles. The van der Waals surface area contributed by atoms with Crippen molar-refractivity contribution in [2.24, 2.45) is 0 Å². The van der Waals surface area contributed by atoms with E-state index < -0.39 is 0 Å². The number of carbonyl (C=O) groups is 1. The molecule has 1 aromatic rings. The third-order valence-corrected chi connectivity index (χ3v) is 3.48. The Morgan fingerprint density at radius 2 is 2.28 bits per heavy atom. The number of halogens is 1. The Labute approximate surface area is 116 Å². The molecule has 1 amide bonds. The van der Waals surface area contributed by atoms with Crippen molar-refractivity contribution in [1.29, 1.82) is 0 Å². The fourth-order valence-corrected chi connectivity index (χ4v) is 2.43. The number of carbonyl (C=O) groups excluding carboxylic acids is 1. The number of hydrogen-bond acceptors (Lipinski definition) is 2. The van der Waals surface area contributed by atoms with Gasteiger partial charge in [0.2, 0.25) is 5.91 Å². The zero-order chi connectivity index (χ0) is 13.0. The predicted molar refractivity (Wildman–Crippen MR) is 75.2 cm³/mol. The Kier molecular flexibility index (Phi) is 4.64. The lowest BCUT2D eigenvalue weighted by molar-refractivity contribution is -0.130. The second-order valence-corrected chi connectivity index (χ2v) is 5.33. The molecule has 3 nitrogen and oxygen atoms in total. The van der Waals surface area contributed by atoms with Gasteiger partial charge in [-0.25, -0.2) is 0 Å². The molecular weight excluding hydrogens is 294 g/mol. The maximum absolute atomic E-state index is 12.2. The van der Waals surface area contributed by atoms with Gasteiger partial charge in [-0.1, -0.05) is 28.1 Å². The van der Waals surface area contributed by atoms with E-state index in [1.54, 1.807) is 7.11 Å². The van der Waals surface area contributed by atoms with Gasteiger partial charge in [0, 0.05) is 17.9 Å². The first kappa shape index (κ1) is 13.4. The van der Waals surface area contributed by atoms with E-state index in [1.165, 1.54) is 0 Å². The van der Waals surface area contributed by atoms with E-state index >= 15 is 0 Å². The van der Waals surface area contributed by atoms with Crippen molar-refractivity contribution in [3.8, 4) is 5.75 Å². The first-order valence-electron chi connectivity index (χ1n) is 6.23. The summed E-state index contributed by atoms with van der Waals surface area (Å²) in [6.45, 7) is 0.799. The van der Waals surface area contributed by atoms with Gasteiger partial charge in [0.15, 0.2) is 0 Å². The van der Waals surface area contributed by atoms with Crippen molar-refractivity contribution in [1.82, 2.24) is 4.90 Å². The largest absolute Gasteiger partial charge is 0.497 e. The molecule has 1 aromatic carbocycles. The van der Waals surface area contributed by atoms with Crippen LogP contribution in [0.15, 0.2) is 24.3 Å². The maximum Gasteiger partial charge on any atom is 0.227 e. The Morgan fingerprint density at radius 3 is 2.89 bits per heavy atom. The normalized spacial score (nSPS) is 14.3. The van der Waals surface area contributed by atoms with E-state index in [0.29, 0.717) is 12.5 Å². The molecule has 0 N–H and O–H groups in total. The van der Waals surface area contributed by atoms with Crippen LogP contribution in [0.2, 0.25) is 0 Å². The molecule has 1 aliphatic rings. The van der Waals surface area contributed by atoms with Crippen LogP contribution in [-0.2, 0) is 11.2 Å². The van der Waals surface area contributed by atoms with Crippen LogP contribution >= 0.6 is 15.9 Å². The molecule has 4 heteroatoms. The van der Waals surface area contributed by atoms with Gasteiger partial charge in [-0.2, -0.15) is 0 Å². The summed E-state index contributed by atoms with van der Waals surface area (Å²) in [6.07, 6.45) is 2.76. The van der Waals surface area contributed by atoms with Gasteiger partial charge >= 0.3 is 0 Å². The third-order valence-electron chi connectivity index (χ3n) is 3.12. The second-order valence-electron chi connectivity index (χ2n) is 4.54. The van der Waals surface area contributed by atoms with Gasteiger partial charge in [0.1, 0.15) is 5.75 Å². The molecule has 98 valence electrons. The van der Waals surface area contributed by atoms with Gasteiger partial charge in [-0.15, -0.1) is 0 Å². The van der Waals surface area contributed by atoms with E-state index in [0.717, 1.165) is 36.0 Å². The summed E-state index contributed by atoms with van der Waals surface area (Å²) in [7, 11) is 1.64. The van der Waals surface area contributed by atoms with Crippen molar-refractivity contribution in [2.45, 2.75) is 25.3 Å².